The molecule has 0 atom stereocenters. The topological polar surface area (TPSA) is 104 Å². The highest BCUT2D eigenvalue weighted by atomic mass is 16.4. The maximum absolute atomic E-state index is 11.1. The summed E-state index contributed by atoms with van der Waals surface area (Å²) in [6.07, 6.45) is 1.59. The molecule has 0 aromatic carbocycles. The van der Waals surface area contributed by atoms with Gasteiger partial charge in [0.15, 0.2) is 0 Å². The third kappa shape index (κ3) is 4.36. The van der Waals surface area contributed by atoms with Crippen LogP contribution in [0, 0.1) is 6.92 Å². The molecule has 0 aliphatic rings. The number of aryl methyl sites for hydroxylation is 1. The van der Waals surface area contributed by atoms with Crippen molar-refractivity contribution in [3.63, 3.8) is 0 Å². The summed E-state index contributed by atoms with van der Waals surface area (Å²) >= 11 is 0. The zero-order valence-electron chi connectivity index (χ0n) is 8.73. The van der Waals surface area contributed by atoms with Gasteiger partial charge in [-0.2, -0.15) is 0 Å². The predicted molar refractivity (Wildman–Crippen MR) is 54.6 cm³/mol. The van der Waals surface area contributed by atoms with Crippen molar-refractivity contribution in [3.8, 4) is 0 Å². The number of aliphatic carboxylic acids is 1. The van der Waals surface area contributed by atoms with E-state index in [1.807, 2.05) is 0 Å². The number of carbonyl (C=O) groups excluding carboxylic acids is 1. The van der Waals surface area contributed by atoms with Crippen LogP contribution < -0.4 is 10.6 Å². The van der Waals surface area contributed by atoms with E-state index in [0.29, 0.717) is 11.5 Å². The molecular formula is C9H12N4O3. The molecule has 0 unspecified atom stereocenters. The number of carboxylic acid groups (broad SMARTS) is 1. The highest BCUT2D eigenvalue weighted by Gasteiger charge is 2.03. The van der Waals surface area contributed by atoms with Crippen LogP contribution in [0.4, 0.5) is 4.79 Å². The molecule has 0 radical (unpaired) electrons. The predicted octanol–water partition coefficient (Wildman–Crippen LogP) is -0.331. The SMILES string of the molecule is Cc1nccc(CNC(=O)NCC(=O)O)n1. The van der Waals surface area contributed by atoms with Gasteiger partial charge in [0.2, 0.25) is 0 Å². The van der Waals surface area contributed by atoms with Gasteiger partial charge in [0.05, 0.1) is 12.2 Å². The van der Waals surface area contributed by atoms with Crippen LogP contribution >= 0.6 is 0 Å². The van der Waals surface area contributed by atoms with E-state index in [1.54, 1.807) is 19.2 Å². The van der Waals surface area contributed by atoms with Gasteiger partial charge < -0.3 is 15.7 Å². The summed E-state index contributed by atoms with van der Waals surface area (Å²) in [6.45, 7) is 1.57. The molecule has 0 saturated heterocycles. The lowest BCUT2D eigenvalue weighted by Gasteiger charge is -2.05. The Morgan fingerprint density at radius 3 is 2.81 bits per heavy atom. The maximum Gasteiger partial charge on any atom is 0.323 e. The van der Waals surface area contributed by atoms with Gasteiger partial charge in [-0.15, -0.1) is 0 Å². The maximum atomic E-state index is 11.1. The summed E-state index contributed by atoms with van der Waals surface area (Å²) < 4.78 is 0. The van der Waals surface area contributed by atoms with Crippen LogP contribution in [0.25, 0.3) is 0 Å². The van der Waals surface area contributed by atoms with Crippen LogP contribution in [0.15, 0.2) is 12.3 Å². The number of hydrogen-bond acceptors (Lipinski definition) is 4. The van der Waals surface area contributed by atoms with Gasteiger partial charge in [0, 0.05) is 6.20 Å². The number of carboxylic acids is 1. The molecule has 1 aromatic heterocycles. The van der Waals surface area contributed by atoms with Crippen molar-refractivity contribution >= 4 is 12.0 Å². The Balaban J connectivity index is 2.34. The largest absolute Gasteiger partial charge is 0.480 e. The molecule has 7 nitrogen and oxygen atoms in total. The molecular weight excluding hydrogens is 212 g/mol. The van der Waals surface area contributed by atoms with Crippen LogP contribution in [0.1, 0.15) is 11.5 Å². The Hall–Kier alpha value is -2.18. The summed E-state index contributed by atoms with van der Waals surface area (Å²) in [5.41, 5.74) is 0.665. The molecule has 16 heavy (non-hydrogen) atoms. The van der Waals surface area contributed by atoms with Crippen molar-refractivity contribution in [2.24, 2.45) is 0 Å². The summed E-state index contributed by atoms with van der Waals surface area (Å²) in [5.74, 6) is -0.474. The first-order valence-corrected chi connectivity index (χ1v) is 4.60. The lowest BCUT2D eigenvalue weighted by Crippen LogP contribution is -2.38. The molecule has 1 rings (SSSR count). The summed E-state index contributed by atoms with van der Waals surface area (Å²) in [7, 11) is 0. The van der Waals surface area contributed by atoms with Gasteiger partial charge in [-0.1, -0.05) is 0 Å². The summed E-state index contributed by atoms with van der Waals surface area (Å²) in [4.78, 5) is 29.2. The average molecular weight is 224 g/mol. The van der Waals surface area contributed by atoms with Gasteiger partial charge in [-0.3, -0.25) is 4.79 Å². The first-order valence-electron chi connectivity index (χ1n) is 4.60. The first kappa shape index (κ1) is 11.9. The van der Waals surface area contributed by atoms with Crippen LogP contribution in [0.5, 0.6) is 0 Å². The zero-order valence-corrected chi connectivity index (χ0v) is 8.73. The van der Waals surface area contributed by atoms with Gasteiger partial charge >= 0.3 is 12.0 Å². The summed E-state index contributed by atoms with van der Waals surface area (Å²) in [5, 5.41) is 13.0. The minimum Gasteiger partial charge on any atom is -0.480 e. The molecule has 0 saturated carbocycles. The minimum atomic E-state index is -1.09. The number of hydrogen-bond donors (Lipinski definition) is 3. The van der Waals surface area contributed by atoms with Gasteiger partial charge in [-0.25, -0.2) is 14.8 Å². The minimum absolute atomic E-state index is 0.231. The lowest BCUT2D eigenvalue weighted by atomic mass is 10.4. The molecule has 1 heterocycles. The van der Waals surface area contributed by atoms with E-state index in [9.17, 15) is 9.59 Å². The third-order valence-electron chi connectivity index (χ3n) is 1.66. The molecule has 0 bridgehead atoms. The number of urea groups is 1. The van der Waals surface area contributed by atoms with Crippen molar-refractivity contribution in [1.29, 1.82) is 0 Å². The number of nitrogens with zero attached hydrogens (tertiary/aromatic N) is 2. The number of carbonyl (C=O) groups is 2. The Morgan fingerprint density at radius 1 is 1.44 bits per heavy atom. The number of rotatable bonds is 4. The molecule has 0 aliphatic heterocycles. The fourth-order valence-electron chi connectivity index (χ4n) is 0.993. The van der Waals surface area contributed by atoms with Gasteiger partial charge in [-0.05, 0) is 13.0 Å². The quantitative estimate of drug-likeness (QED) is 0.649. The molecule has 86 valence electrons. The average Bonchev–Trinajstić information content (AvgIpc) is 2.23. The Bertz CT molecular complexity index is 394. The lowest BCUT2D eigenvalue weighted by molar-refractivity contribution is -0.135. The highest BCUT2D eigenvalue weighted by molar-refractivity contribution is 5.79. The Kier molecular flexibility index (Phi) is 4.19. The Labute approximate surface area is 91.9 Å². The monoisotopic (exact) mass is 224 g/mol. The molecule has 0 fully saturated rings. The van der Waals surface area contributed by atoms with Crippen LogP contribution in [0.2, 0.25) is 0 Å². The Morgan fingerprint density at radius 2 is 2.19 bits per heavy atom. The molecule has 2 amide bonds. The molecule has 1 aromatic rings. The van der Waals surface area contributed by atoms with E-state index < -0.39 is 18.5 Å². The molecule has 3 N–H and O–H groups in total. The van der Waals surface area contributed by atoms with E-state index >= 15 is 0 Å². The van der Waals surface area contributed by atoms with E-state index in [2.05, 4.69) is 20.6 Å². The second-order valence-electron chi connectivity index (χ2n) is 3.03. The third-order valence-corrected chi connectivity index (χ3v) is 1.66. The standard InChI is InChI=1S/C9H12N4O3/c1-6-10-3-2-7(13-6)4-11-9(16)12-5-8(14)15/h2-3H,4-5H2,1H3,(H,14,15)(H2,11,12,16). The van der Waals surface area contributed by atoms with Crippen molar-refractivity contribution in [3.05, 3.63) is 23.8 Å². The zero-order chi connectivity index (χ0) is 12.0. The van der Waals surface area contributed by atoms with Crippen LogP contribution in [-0.2, 0) is 11.3 Å². The van der Waals surface area contributed by atoms with Crippen molar-refractivity contribution in [2.75, 3.05) is 6.54 Å². The van der Waals surface area contributed by atoms with Crippen molar-refractivity contribution in [1.82, 2.24) is 20.6 Å². The second-order valence-corrected chi connectivity index (χ2v) is 3.03. The van der Waals surface area contributed by atoms with E-state index in [4.69, 9.17) is 5.11 Å². The highest BCUT2D eigenvalue weighted by Crippen LogP contribution is 1.93. The number of amides is 2. The van der Waals surface area contributed by atoms with Gasteiger partial charge in [0.1, 0.15) is 12.4 Å². The number of nitrogens with one attached hydrogen (secondary N) is 2. The van der Waals surface area contributed by atoms with Crippen LogP contribution in [0.3, 0.4) is 0 Å². The van der Waals surface area contributed by atoms with Crippen molar-refractivity contribution in [2.45, 2.75) is 13.5 Å². The van der Waals surface area contributed by atoms with Crippen molar-refractivity contribution < 1.29 is 14.7 Å². The van der Waals surface area contributed by atoms with E-state index in [1.165, 1.54) is 0 Å². The molecule has 7 heteroatoms. The molecule has 0 aliphatic carbocycles. The second kappa shape index (κ2) is 5.64. The van der Waals surface area contributed by atoms with E-state index in [0.717, 1.165) is 0 Å². The van der Waals surface area contributed by atoms with Crippen LogP contribution in [-0.4, -0.2) is 33.6 Å². The normalized spacial score (nSPS) is 9.56. The number of aromatic nitrogens is 2. The first-order chi connectivity index (χ1) is 7.58. The fourth-order valence-corrected chi connectivity index (χ4v) is 0.993. The smallest absolute Gasteiger partial charge is 0.323 e. The summed E-state index contributed by atoms with van der Waals surface area (Å²) in [6, 6.07) is 1.13. The fraction of sp³-hybridized carbons (Fsp3) is 0.333. The van der Waals surface area contributed by atoms with Gasteiger partial charge in [0.25, 0.3) is 0 Å². The van der Waals surface area contributed by atoms with E-state index in [-0.39, 0.29) is 6.54 Å². The molecule has 0 spiro atoms.